The Hall–Kier alpha value is -0.650. The van der Waals surface area contributed by atoms with Crippen molar-refractivity contribution in [3.05, 3.63) is 0 Å². The quantitative estimate of drug-likeness (QED) is 0.715. The molecule has 0 aromatic carbocycles. The van der Waals surface area contributed by atoms with E-state index in [1.807, 2.05) is 0 Å². The van der Waals surface area contributed by atoms with Crippen LogP contribution in [-0.2, 0) is 14.3 Å². The van der Waals surface area contributed by atoms with E-state index in [4.69, 9.17) is 20.3 Å². The Morgan fingerprint density at radius 1 is 1.38 bits per heavy atom. The first-order chi connectivity index (χ1) is 7.63. The van der Waals surface area contributed by atoms with Crippen LogP contribution in [0.2, 0.25) is 0 Å². The fourth-order valence-electron chi connectivity index (χ4n) is 2.67. The molecule has 2 atom stereocenters. The average Bonchev–Trinajstić information content (AvgIpc) is 2.29. The van der Waals surface area contributed by atoms with Crippen molar-refractivity contribution in [3.63, 3.8) is 0 Å². The zero-order valence-corrected chi connectivity index (χ0v) is 9.35. The van der Waals surface area contributed by atoms with Crippen LogP contribution in [0.25, 0.3) is 0 Å². The van der Waals surface area contributed by atoms with Crippen molar-refractivity contribution in [3.8, 4) is 0 Å². The minimum Gasteiger partial charge on any atom is -0.480 e. The van der Waals surface area contributed by atoms with E-state index in [1.165, 1.54) is 0 Å². The van der Waals surface area contributed by atoms with Crippen LogP contribution in [0, 0.1) is 5.92 Å². The van der Waals surface area contributed by atoms with Crippen molar-refractivity contribution in [2.75, 3.05) is 19.8 Å². The van der Waals surface area contributed by atoms with E-state index in [0.29, 0.717) is 19.8 Å². The molecule has 2 fully saturated rings. The zero-order chi connectivity index (χ0) is 11.6. The number of nitrogens with two attached hydrogens (primary N) is 1. The van der Waals surface area contributed by atoms with Crippen LogP contribution in [-0.4, -0.2) is 42.5 Å². The van der Waals surface area contributed by atoms with Gasteiger partial charge in [-0.25, -0.2) is 0 Å². The van der Waals surface area contributed by atoms with Gasteiger partial charge in [-0.1, -0.05) is 0 Å². The molecule has 0 bridgehead atoms. The number of ether oxygens (including phenoxy) is 2. The summed E-state index contributed by atoms with van der Waals surface area (Å²) in [5, 5.41) is 8.93. The van der Waals surface area contributed by atoms with Gasteiger partial charge in [0.15, 0.2) is 0 Å². The lowest BCUT2D eigenvalue weighted by Crippen LogP contribution is -2.50. The predicted octanol–water partition coefficient (Wildman–Crippen LogP) is 0.374. The summed E-state index contributed by atoms with van der Waals surface area (Å²) in [4.78, 5) is 10.9. The molecule has 0 aliphatic carbocycles. The van der Waals surface area contributed by atoms with E-state index in [1.54, 1.807) is 0 Å². The molecule has 3 N–H and O–H groups in total. The summed E-state index contributed by atoms with van der Waals surface area (Å²) in [6.07, 6.45) is 3.21. The lowest BCUT2D eigenvalue weighted by Gasteiger charge is -2.44. The van der Waals surface area contributed by atoms with Gasteiger partial charge in [0, 0.05) is 19.8 Å². The highest BCUT2D eigenvalue weighted by Gasteiger charge is 2.41. The Kier molecular flexibility index (Phi) is 3.47. The SMILES string of the molecule is NC(C(=O)O)C1CCOC2(CCOCC2)C1. The van der Waals surface area contributed by atoms with Gasteiger partial charge in [-0.2, -0.15) is 0 Å². The molecular formula is C11H19NO4. The van der Waals surface area contributed by atoms with Crippen LogP contribution in [0.4, 0.5) is 0 Å². The lowest BCUT2D eigenvalue weighted by molar-refractivity contribution is -0.157. The van der Waals surface area contributed by atoms with Crippen molar-refractivity contribution >= 4 is 5.97 Å². The lowest BCUT2D eigenvalue weighted by atomic mass is 9.78. The van der Waals surface area contributed by atoms with Crippen molar-refractivity contribution in [1.29, 1.82) is 0 Å². The second-order valence-corrected chi connectivity index (χ2v) is 4.76. The smallest absolute Gasteiger partial charge is 0.320 e. The number of hydrogen-bond donors (Lipinski definition) is 2. The Morgan fingerprint density at radius 3 is 2.69 bits per heavy atom. The Balaban J connectivity index is 2.00. The van der Waals surface area contributed by atoms with E-state index < -0.39 is 12.0 Å². The first kappa shape index (κ1) is 11.8. The van der Waals surface area contributed by atoms with Gasteiger partial charge in [0.2, 0.25) is 0 Å². The average molecular weight is 229 g/mol. The van der Waals surface area contributed by atoms with Crippen molar-refractivity contribution in [2.45, 2.75) is 37.3 Å². The third-order valence-electron chi connectivity index (χ3n) is 3.73. The summed E-state index contributed by atoms with van der Waals surface area (Å²) in [6, 6.07) is -0.761. The summed E-state index contributed by atoms with van der Waals surface area (Å²) in [5.74, 6) is -0.876. The van der Waals surface area contributed by atoms with Gasteiger partial charge in [-0.3, -0.25) is 4.79 Å². The van der Waals surface area contributed by atoms with Gasteiger partial charge < -0.3 is 20.3 Å². The number of hydrogen-bond acceptors (Lipinski definition) is 4. The summed E-state index contributed by atoms with van der Waals surface area (Å²) in [5.41, 5.74) is 5.52. The maximum Gasteiger partial charge on any atom is 0.320 e. The van der Waals surface area contributed by atoms with E-state index in [9.17, 15) is 4.79 Å². The zero-order valence-electron chi connectivity index (χ0n) is 9.35. The molecule has 2 heterocycles. The second kappa shape index (κ2) is 4.69. The van der Waals surface area contributed by atoms with Crippen LogP contribution in [0.15, 0.2) is 0 Å². The standard InChI is InChI=1S/C11H19NO4/c12-9(10(13)14)8-1-4-16-11(7-8)2-5-15-6-3-11/h8-9H,1-7,12H2,(H,13,14). The van der Waals surface area contributed by atoms with Crippen LogP contribution >= 0.6 is 0 Å². The second-order valence-electron chi connectivity index (χ2n) is 4.76. The highest BCUT2D eigenvalue weighted by atomic mass is 16.5. The van der Waals surface area contributed by atoms with Crippen LogP contribution in [0.3, 0.4) is 0 Å². The molecule has 5 nitrogen and oxygen atoms in total. The van der Waals surface area contributed by atoms with Crippen LogP contribution < -0.4 is 5.73 Å². The van der Waals surface area contributed by atoms with Crippen molar-refractivity contribution < 1.29 is 19.4 Å². The molecule has 2 saturated heterocycles. The largest absolute Gasteiger partial charge is 0.480 e. The Morgan fingerprint density at radius 2 is 2.06 bits per heavy atom. The van der Waals surface area contributed by atoms with E-state index in [2.05, 4.69) is 0 Å². The monoisotopic (exact) mass is 229 g/mol. The predicted molar refractivity (Wildman–Crippen MR) is 57.1 cm³/mol. The highest BCUT2D eigenvalue weighted by molar-refractivity contribution is 5.73. The van der Waals surface area contributed by atoms with Gasteiger partial charge in [0.1, 0.15) is 6.04 Å². The topological polar surface area (TPSA) is 81.8 Å². The first-order valence-electron chi connectivity index (χ1n) is 5.83. The molecule has 0 aromatic heterocycles. The number of aliphatic carboxylic acids is 1. The summed E-state index contributed by atoms with van der Waals surface area (Å²) >= 11 is 0. The molecule has 0 amide bonds. The van der Waals surface area contributed by atoms with Crippen LogP contribution in [0.1, 0.15) is 25.7 Å². The number of rotatable bonds is 2. The summed E-state index contributed by atoms with van der Waals surface area (Å²) in [6.45, 7) is 2.02. The first-order valence-corrected chi connectivity index (χ1v) is 5.83. The van der Waals surface area contributed by atoms with E-state index in [0.717, 1.165) is 25.7 Å². The molecule has 0 aromatic rings. The minimum atomic E-state index is -0.908. The summed E-state index contributed by atoms with van der Waals surface area (Å²) < 4.78 is 11.2. The molecule has 92 valence electrons. The third kappa shape index (κ3) is 2.36. The van der Waals surface area contributed by atoms with E-state index in [-0.39, 0.29) is 11.5 Å². The molecule has 0 saturated carbocycles. The maximum absolute atomic E-state index is 10.9. The molecule has 2 aliphatic heterocycles. The van der Waals surface area contributed by atoms with Gasteiger partial charge in [-0.05, 0) is 31.6 Å². The number of carbonyl (C=O) groups is 1. The molecular weight excluding hydrogens is 210 g/mol. The minimum absolute atomic E-state index is 0.0318. The fraction of sp³-hybridized carbons (Fsp3) is 0.909. The van der Waals surface area contributed by atoms with Gasteiger partial charge in [-0.15, -0.1) is 0 Å². The molecule has 2 rings (SSSR count). The molecule has 0 radical (unpaired) electrons. The van der Waals surface area contributed by atoms with Gasteiger partial charge >= 0.3 is 5.97 Å². The highest BCUT2D eigenvalue weighted by Crippen LogP contribution is 2.37. The Bertz CT molecular complexity index is 257. The van der Waals surface area contributed by atoms with Gasteiger partial charge in [0.25, 0.3) is 0 Å². The van der Waals surface area contributed by atoms with E-state index >= 15 is 0 Å². The maximum atomic E-state index is 10.9. The molecule has 1 spiro atoms. The Labute approximate surface area is 94.9 Å². The number of carboxylic acid groups (broad SMARTS) is 1. The molecule has 5 heteroatoms. The molecule has 16 heavy (non-hydrogen) atoms. The van der Waals surface area contributed by atoms with Crippen molar-refractivity contribution in [1.82, 2.24) is 0 Å². The van der Waals surface area contributed by atoms with Crippen LogP contribution in [0.5, 0.6) is 0 Å². The van der Waals surface area contributed by atoms with Crippen molar-refractivity contribution in [2.24, 2.45) is 11.7 Å². The third-order valence-corrected chi connectivity index (χ3v) is 3.73. The normalized spacial score (nSPS) is 31.2. The summed E-state index contributed by atoms with van der Waals surface area (Å²) in [7, 11) is 0. The molecule has 2 unspecified atom stereocenters. The van der Waals surface area contributed by atoms with Gasteiger partial charge in [0.05, 0.1) is 5.60 Å². The number of carboxylic acids is 1. The fourth-order valence-corrected chi connectivity index (χ4v) is 2.67. The molecule has 2 aliphatic rings.